The van der Waals surface area contributed by atoms with Crippen LogP contribution in [-0.2, 0) is 17.9 Å². The molecule has 0 aliphatic heterocycles. The van der Waals surface area contributed by atoms with Crippen LogP contribution < -0.4 is 10.1 Å². The molecule has 0 saturated heterocycles. The summed E-state index contributed by atoms with van der Waals surface area (Å²) in [4.78, 5) is 12.6. The fourth-order valence-corrected chi connectivity index (χ4v) is 4.74. The van der Waals surface area contributed by atoms with Crippen LogP contribution in [0.25, 0.3) is 0 Å². The highest BCUT2D eigenvalue weighted by atomic mass is 79.9. The number of unbranched alkanes of at least 4 members (excludes halogenated alkanes) is 5. The van der Waals surface area contributed by atoms with Crippen molar-refractivity contribution in [2.45, 2.75) is 63.8 Å². The molecule has 0 aliphatic rings. The van der Waals surface area contributed by atoms with Gasteiger partial charge in [0.2, 0.25) is 5.91 Å². The number of benzene rings is 2. The molecule has 0 atom stereocenters. The fraction of sp³-hybridized carbons (Fsp3) is 0.385. The van der Waals surface area contributed by atoms with E-state index in [0.29, 0.717) is 21.4 Å². The Labute approximate surface area is 229 Å². The predicted molar refractivity (Wildman–Crippen MR) is 147 cm³/mol. The van der Waals surface area contributed by atoms with Gasteiger partial charge >= 0.3 is 0 Å². The summed E-state index contributed by atoms with van der Waals surface area (Å²) in [5, 5.41) is 21.8. The Balaban J connectivity index is 1.64. The smallest absolute Gasteiger partial charge is 0.234 e. The maximum Gasteiger partial charge on any atom is 0.234 e. The van der Waals surface area contributed by atoms with Gasteiger partial charge in [-0.3, -0.25) is 4.79 Å². The number of amides is 1. The summed E-state index contributed by atoms with van der Waals surface area (Å²) in [5.74, 6) is 1.34. The molecule has 0 radical (unpaired) electrons. The zero-order chi connectivity index (χ0) is 25.8. The van der Waals surface area contributed by atoms with Crippen molar-refractivity contribution in [1.82, 2.24) is 14.8 Å². The summed E-state index contributed by atoms with van der Waals surface area (Å²) in [7, 11) is 0. The first-order chi connectivity index (χ1) is 17.5. The summed E-state index contributed by atoms with van der Waals surface area (Å²) in [5.41, 5.74) is 0.754. The topological polar surface area (TPSA) is 92.8 Å². The average molecular weight is 591 g/mol. The molecule has 3 aromatic rings. The van der Waals surface area contributed by atoms with Gasteiger partial charge in [-0.05, 0) is 48.9 Å². The summed E-state index contributed by atoms with van der Waals surface area (Å²) >= 11 is 10.8. The number of carbonyl (C=O) groups is 1. The van der Waals surface area contributed by atoms with E-state index in [9.17, 15) is 10.1 Å². The Hall–Kier alpha value is -2.54. The quantitative estimate of drug-likeness (QED) is 0.157. The molecule has 3 rings (SSSR count). The number of nitrogens with one attached hydrogen (secondary N) is 1. The number of nitriles is 1. The molecule has 0 aliphatic carbocycles. The van der Waals surface area contributed by atoms with E-state index in [1.54, 1.807) is 18.2 Å². The Morgan fingerprint density at radius 3 is 2.64 bits per heavy atom. The van der Waals surface area contributed by atoms with Gasteiger partial charge in [-0.25, -0.2) is 0 Å². The van der Waals surface area contributed by atoms with Crippen LogP contribution in [-0.4, -0.2) is 26.4 Å². The van der Waals surface area contributed by atoms with Crippen molar-refractivity contribution in [1.29, 1.82) is 5.26 Å². The number of hydrogen-bond donors (Lipinski definition) is 1. The zero-order valence-corrected chi connectivity index (χ0v) is 23.3. The number of ether oxygens (including phenoxy) is 1. The van der Waals surface area contributed by atoms with Crippen molar-refractivity contribution in [3.05, 3.63) is 63.3 Å². The third-order valence-electron chi connectivity index (χ3n) is 5.42. The Morgan fingerprint density at radius 1 is 1.14 bits per heavy atom. The average Bonchev–Trinajstić information content (AvgIpc) is 3.26. The number of halogens is 2. The maximum absolute atomic E-state index is 12.6. The van der Waals surface area contributed by atoms with Crippen LogP contribution in [0, 0.1) is 11.3 Å². The SMILES string of the molecule is CCCCCCCCn1c(COc2ccc(Br)cc2)nnc1SCC(=O)Nc1cc(Cl)ccc1C#N. The molecule has 0 fully saturated rings. The second kappa shape index (κ2) is 14.9. The monoisotopic (exact) mass is 589 g/mol. The van der Waals surface area contributed by atoms with E-state index in [4.69, 9.17) is 16.3 Å². The van der Waals surface area contributed by atoms with Gasteiger partial charge in [0.15, 0.2) is 11.0 Å². The highest BCUT2D eigenvalue weighted by Gasteiger charge is 2.16. The van der Waals surface area contributed by atoms with E-state index in [1.165, 1.54) is 37.4 Å². The molecule has 1 amide bonds. The first-order valence-electron chi connectivity index (χ1n) is 11.9. The minimum Gasteiger partial charge on any atom is -0.486 e. The predicted octanol–water partition coefficient (Wildman–Crippen LogP) is 7.24. The second-order valence-corrected chi connectivity index (χ2v) is 10.5. The van der Waals surface area contributed by atoms with Gasteiger partial charge in [-0.2, -0.15) is 5.26 Å². The summed E-state index contributed by atoms with van der Waals surface area (Å²) in [6.07, 6.45) is 7.05. The molecular formula is C26H29BrClN5O2S. The number of aromatic nitrogens is 3. The van der Waals surface area contributed by atoms with Crippen molar-refractivity contribution in [2.24, 2.45) is 0 Å². The van der Waals surface area contributed by atoms with Crippen LogP contribution in [0.3, 0.4) is 0 Å². The first-order valence-corrected chi connectivity index (χ1v) is 14.1. The highest BCUT2D eigenvalue weighted by Crippen LogP contribution is 2.23. The lowest BCUT2D eigenvalue weighted by Gasteiger charge is -2.12. The number of rotatable bonds is 14. The molecule has 0 spiro atoms. The number of anilines is 1. The molecular weight excluding hydrogens is 562 g/mol. The summed E-state index contributed by atoms with van der Waals surface area (Å²) < 4.78 is 8.95. The largest absolute Gasteiger partial charge is 0.486 e. The van der Waals surface area contributed by atoms with Crippen LogP contribution >= 0.6 is 39.3 Å². The van der Waals surface area contributed by atoms with Crippen molar-refractivity contribution < 1.29 is 9.53 Å². The van der Waals surface area contributed by atoms with Gasteiger partial charge in [0.1, 0.15) is 18.4 Å². The Morgan fingerprint density at radius 2 is 1.89 bits per heavy atom. The van der Waals surface area contributed by atoms with Gasteiger partial charge in [-0.1, -0.05) is 78.3 Å². The Bertz CT molecular complexity index is 1180. The molecule has 0 bridgehead atoms. The highest BCUT2D eigenvalue weighted by molar-refractivity contribution is 9.10. The molecule has 36 heavy (non-hydrogen) atoms. The molecule has 10 heteroatoms. The lowest BCUT2D eigenvalue weighted by molar-refractivity contribution is -0.113. The zero-order valence-electron chi connectivity index (χ0n) is 20.2. The van der Waals surface area contributed by atoms with E-state index in [-0.39, 0.29) is 18.3 Å². The first kappa shape index (κ1) is 28.0. The molecule has 2 aromatic carbocycles. The number of thioether (sulfide) groups is 1. The van der Waals surface area contributed by atoms with Gasteiger partial charge in [0.25, 0.3) is 0 Å². The van der Waals surface area contributed by atoms with Gasteiger partial charge in [-0.15, -0.1) is 10.2 Å². The van der Waals surface area contributed by atoms with Gasteiger partial charge in [0.05, 0.1) is 17.0 Å². The van der Waals surface area contributed by atoms with E-state index >= 15 is 0 Å². The van der Waals surface area contributed by atoms with Crippen molar-refractivity contribution >= 4 is 50.9 Å². The van der Waals surface area contributed by atoms with Gasteiger partial charge in [0, 0.05) is 16.0 Å². The molecule has 7 nitrogen and oxygen atoms in total. The molecule has 190 valence electrons. The summed E-state index contributed by atoms with van der Waals surface area (Å²) in [6, 6.07) is 14.5. The fourth-order valence-electron chi connectivity index (χ4n) is 3.52. The standard InChI is InChI=1S/C26H29BrClN5O2S/c1-2-3-4-5-6-7-14-33-24(17-35-22-12-9-20(27)10-13-22)31-32-26(33)36-18-25(34)30-23-15-21(28)11-8-19(23)16-29/h8-13,15H,2-7,14,17-18H2,1H3,(H,30,34). The number of hydrogen-bond acceptors (Lipinski definition) is 6. The minimum atomic E-state index is -0.249. The minimum absolute atomic E-state index is 0.125. The lowest BCUT2D eigenvalue weighted by atomic mass is 10.1. The van der Waals surface area contributed by atoms with E-state index in [1.807, 2.05) is 28.8 Å². The van der Waals surface area contributed by atoms with Crippen molar-refractivity contribution in [3.63, 3.8) is 0 Å². The molecule has 1 heterocycles. The normalized spacial score (nSPS) is 10.7. The van der Waals surface area contributed by atoms with Crippen molar-refractivity contribution in [2.75, 3.05) is 11.1 Å². The summed E-state index contributed by atoms with van der Waals surface area (Å²) in [6.45, 7) is 3.25. The third-order valence-corrected chi connectivity index (χ3v) is 7.15. The van der Waals surface area contributed by atoms with Crippen molar-refractivity contribution in [3.8, 4) is 11.8 Å². The van der Waals surface area contributed by atoms with E-state index < -0.39 is 0 Å². The van der Waals surface area contributed by atoms with Crippen LogP contribution in [0.4, 0.5) is 5.69 Å². The number of nitrogens with zero attached hydrogens (tertiary/aromatic N) is 4. The number of carbonyl (C=O) groups excluding carboxylic acids is 1. The van der Waals surface area contributed by atoms with E-state index in [0.717, 1.165) is 35.4 Å². The van der Waals surface area contributed by atoms with Crippen LogP contribution in [0.2, 0.25) is 5.02 Å². The van der Waals surface area contributed by atoms with Crippen LogP contribution in [0.1, 0.15) is 56.8 Å². The van der Waals surface area contributed by atoms with E-state index in [2.05, 4.69) is 44.4 Å². The Kier molecular flexibility index (Phi) is 11.6. The second-order valence-electron chi connectivity index (χ2n) is 8.20. The molecule has 1 aromatic heterocycles. The lowest BCUT2D eigenvalue weighted by Crippen LogP contribution is -2.16. The molecule has 0 unspecified atom stereocenters. The van der Waals surface area contributed by atoms with Crippen LogP contribution in [0.15, 0.2) is 52.1 Å². The van der Waals surface area contributed by atoms with Gasteiger partial charge < -0.3 is 14.6 Å². The molecule has 0 saturated carbocycles. The third kappa shape index (κ3) is 8.84. The maximum atomic E-state index is 12.6. The van der Waals surface area contributed by atoms with Crippen LogP contribution in [0.5, 0.6) is 5.75 Å². The molecule has 1 N–H and O–H groups in total.